The molecule has 0 aliphatic heterocycles. The number of fused-ring (bicyclic) bond motifs is 1. The molecule has 4 rings (SSSR count). The van der Waals surface area contributed by atoms with Gasteiger partial charge in [0.15, 0.2) is 6.61 Å². The van der Waals surface area contributed by atoms with E-state index < -0.39 is 22.2 Å². The Hall–Kier alpha value is -4.48. The van der Waals surface area contributed by atoms with Crippen LogP contribution in [0.1, 0.15) is 0 Å². The van der Waals surface area contributed by atoms with E-state index in [4.69, 9.17) is 31.5 Å². The highest BCUT2D eigenvalue weighted by atomic mass is 35.5. The molecule has 0 unspecified atom stereocenters. The summed E-state index contributed by atoms with van der Waals surface area (Å²) in [5.74, 6) is -2.17. The summed E-state index contributed by atoms with van der Waals surface area (Å²) in [5.41, 5.74) is 1.22. The predicted octanol–water partition coefficient (Wildman–Crippen LogP) is 4.68. The number of rotatable bonds is 6. The quantitative estimate of drug-likeness (QED) is 0.339. The Bertz CT molecular complexity index is 1610. The van der Waals surface area contributed by atoms with Gasteiger partial charge in [-0.25, -0.2) is 23.2 Å². The van der Waals surface area contributed by atoms with Gasteiger partial charge in [0.1, 0.15) is 24.0 Å². The van der Waals surface area contributed by atoms with Gasteiger partial charge in [-0.05, 0) is 47.9 Å². The maximum absolute atomic E-state index is 12.8. The third-order valence-corrected chi connectivity index (χ3v) is 6.19. The van der Waals surface area contributed by atoms with Crippen molar-refractivity contribution < 1.29 is 36.2 Å². The molecule has 2 aromatic carbocycles. The fourth-order valence-corrected chi connectivity index (χ4v) is 4.21. The van der Waals surface area contributed by atoms with Gasteiger partial charge in [0, 0.05) is 28.4 Å². The largest absolute Gasteiger partial charge is 0.490 e. The molecule has 38 heavy (non-hydrogen) atoms. The smallest absolute Gasteiger partial charge is 0.478 e. The Morgan fingerprint density at radius 3 is 2.47 bits per heavy atom. The number of halogens is 4. The first kappa shape index (κ1) is 28.1. The van der Waals surface area contributed by atoms with E-state index >= 15 is 0 Å². The number of nitrogens with zero attached hydrogens (tertiary/aromatic N) is 4. The van der Waals surface area contributed by atoms with Crippen molar-refractivity contribution in [1.82, 2.24) is 15.0 Å². The number of hydrogen-bond acceptors (Lipinski definition) is 8. The molecule has 2 N–H and O–H groups in total. The molecule has 0 radical (unpaired) electrons. The molecule has 0 fully saturated rings. The van der Waals surface area contributed by atoms with Gasteiger partial charge < -0.3 is 9.84 Å². The van der Waals surface area contributed by atoms with Crippen LogP contribution >= 0.6 is 11.6 Å². The normalized spacial score (nSPS) is 11.1. The summed E-state index contributed by atoms with van der Waals surface area (Å²) in [7, 11) is -3.85. The van der Waals surface area contributed by atoms with Crippen molar-refractivity contribution in [3.63, 3.8) is 0 Å². The lowest BCUT2D eigenvalue weighted by Gasteiger charge is -2.13. The first-order valence-electron chi connectivity index (χ1n) is 10.2. The zero-order chi connectivity index (χ0) is 27.9. The van der Waals surface area contributed by atoms with Crippen LogP contribution in [0.15, 0.2) is 72.1 Å². The molecule has 4 aromatic rings. The van der Waals surface area contributed by atoms with E-state index in [1.54, 1.807) is 42.6 Å². The number of pyridine rings is 1. The van der Waals surface area contributed by atoms with Crippen LogP contribution in [0.25, 0.3) is 22.0 Å². The van der Waals surface area contributed by atoms with Crippen molar-refractivity contribution in [2.24, 2.45) is 0 Å². The molecule has 0 bridgehead atoms. The summed E-state index contributed by atoms with van der Waals surface area (Å²) < 4.78 is 65.2. The number of ether oxygens (including phenoxy) is 1. The standard InChI is InChI=1S/C21H14ClN5O3S.C2HF3O2/c22-15-1-3-18(19(12-15)30-10-7-23)21-17-4-2-16(11-14(17)5-9-25-21)31(28,29)27-20-6-8-24-13-26-20;3-2(4,5)1(6)7/h1-6,8-9,11-13H,10H2,(H,24,26,27);(H,6,7). The topological polar surface area (TPSA) is 155 Å². The van der Waals surface area contributed by atoms with Gasteiger partial charge in [-0.2, -0.15) is 18.4 Å². The van der Waals surface area contributed by atoms with E-state index in [1.807, 2.05) is 6.07 Å². The van der Waals surface area contributed by atoms with Gasteiger partial charge in [-0.15, -0.1) is 0 Å². The highest BCUT2D eigenvalue weighted by Crippen LogP contribution is 2.36. The molecule has 0 aliphatic rings. The maximum atomic E-state index is 12.8. The SMILES string of the molecule is N#CCOc1cc(Cl)ccc1-c1nccc2cc(S(=O)(=O)Nc3ccncn3)ccc12.O=C(O)C(F)(F)F. The van der Waals surface area contributed by atoms with E-state index in [9.17, 15) is 21.6 Å². The highest BCUT2D eigenvalue weighted by Gasteiger charge is 2.38. The zero-order valence-electron chi connectivity index (χ0n) is 18.8. The number of carboxylic acids is 1. The monoisotopic (exact) mass is 565 g/mol. The van der Waals surface area contributed by atoms with E-state index in [0.717, 1.165) is 0 Å². The molecule has 0 saturated carbocycles. The first-order chi connectivity index (χ1) is 17.9. The van der Waals surface area contributed by atoms with Crippen LogP contribution in [-0.2, 0) is 14.8 Å². The van der Waals surface area contributed by atoms with Crippen LogP contribution in [-0.4, -0.2) is 47.2 Å². The van der Waals surface area contributed by atoms with Gasteiger partial charge >= 0.3 is 12.1 Å². The maximum Gasteiger partial charge on any atom is 0.490 e. The second-order valence-corrected chi connectivity index (χ2v) is 9.25. The molecule has 0 amide bonds. The Morgan fingerprint density at radius 1 is 1.11 bits per heavy atom. The van der Waals surface area contributed by atoms with Crippen molar-refractivity contribution in [3.05, 3.63) is 72.3 Å². The van der Waals surface area contributed by atoms with Gasteiger partial charge in [0.2, 0.25) is 0 Å². The number of alkyl halides is 3. The highest BCUT2D eigenvalue weighted by molar-refractivity contribution is 7.92. The number of carbonyl (C=O) groups is 1. The number of hydrogen-bond donors (Lipinski definition) is 2. The molecule has 0 aliphatic carbocycles. The third kappa shape index (κ3) is 7.05. The number of aliphatic carboxylic acids is 1. The van der Waals surface area contributed by atoms with Gasteiger partial charge in [0.05, 0.1) is 10.6 Å². The minimum Gasteiger partial charge on any atom is -0.478 e. The second-order valence-electron chi connectivity index (χ2n) is 7.13. The Kier molecular flexibility index (Phi) is 8.66. The van der Waals surface area contributed by atoms with E-state index in [-0.39, 0.29) is 17.3 Å². The summed E-state index contributed by atoms with van der Waals surface area (Å²) in [4.78, 5) is 21.1. The summed E-state index contributed by atoms with van der Waals surface area (Å²) in [5, 5.41) is 17.8. The fourth-order valence-electron chi connectivity index (χ4n) is 3.01. The lowest BCUT2D eigenvalue weighted by Crippen LogP contribution is -2.21. The Labute approximate surface area is 218 Å². The number of sulfonamides is 1. The van der Waals surface area contributed by atoms with Crippen LogP contribution in [0, 0.1) is 11.3 Å². The molecular weight excluding hydrogens is 551 g/mol. The second kappa shape index (κ2) is 11.7. The summed E-state index contributed by atoms with van der Waals surface area (Å²) in [6.07, 6.45) is -0.801. The van der Waals surface area contributed by atoms with Crippen molar-refractivity contribution in [3.8, 4) is 23.1 Å². The van der Waals surface area contributed by atoms with Crippen LogP contribution in [0.4, 0.5) is 19.0 Å². The van der Waals surface area contributed by atoms with Crippen molar-refractivity contribution in [2.75, 3.05) is 11.3 Å². The number of benzene rings is 2. The minimum atomic E-state index is -5.08. The van der Waals surface area contributed by atoms with E-state index in [0.29, 0.717) is 32.8 Å². The predicted molar refractivity (Wildman–Crippen MR) is 130 cm³/mol. The molecule has 10 nitrogen and oxygen atoms in total. The van der Waals surface area contributed by atoms with E-state index in [2.05, 4.69) is 19.7 Å². The molecule has 0 atom stereocenters. The van der Waals surface area contributed by atoms with Gasteiger partial charge in [-0.1, -0.05) is 17.7 Å². The van der Waals surface area contributed by atoms with Crippen LogP contribution in [0.3, 0.4) is 0 Å². The van der Waals surface area contributed by atoms with Gasteiger partial charge in [0.25, 0.3) is 10.0 Å². The molecule has 15 heteroatoms. The zero-order valence-corrected chi connectivity index (χ0v) is 20.4. The molecule has 2 aromatic heterocycles. The average molecular weight is 566 g/mol. The molecular formula is C23H15ClF3N5O5S. The summed E-state index contributed by atoms with van der Waals surface area (Å²) in [6, 6.07) is 14.9. The number of aromatic nitrogens is 3. The van der Waals surface area contributed by atoms with Crippen LogP contribution < -0.4 is 9.46 Å². The fraction of sp³-hybridized carbons (Fsp3) is 0.0870. The Morgan fingerprint density at radius 2 is 1.84 bits per heavy atom. The average Bonchev–Trinajstić information content (AvgIpc) is 2.87. The van der Waals surface area contributed by atoms with Gasteiger partial charge in [-0.3, -0.25) is 9.71 Å². The van der Waals surface area contributed by atoms with Crippen molar-refractivity contribution in [1.29, 1.82) is 5.26 Å². The van der Waals surface area contributed by atoms with Crippen LogP contribution in [0.5, 0.6) is 5.75 Å². The van der Waals surface area contributed by atoms with E-state index in [1.165, 1.54) is 24.7 Å². The molecule has 0 spiro atoms. The molecule has 2 heterocycles. The number of carboxylic acid groups (broad SMARTS) is 1. The number of anilines is 1. The first-order valence-corrected chi connectivity index (χ1v) is 12.1. The summed E-state index contributed by atoms with van der Waals surface area (Å²) >= 11 is 6.07. The minimum absolute atomic E-state index is 0.0767. The van der Waals surface area contributed by atoms with Crippen molar-refractivity contribution in [2.45, 2.75) is 11.1 Å². The summed E-state index contributed by atoms with van der Waals surface area (Å²) in [6.45, 7) is -0.144. The number of nitrogens with one attached hydrogen (secondary N) is 1. The molecule has 196 valence electrons. The Balaban J connectivity index is 0.000000505. The van der Waals surface area contributed by atoms with Crippen molar-refractivity contribution >= 4 is 44.2 Å². The number of nitriles is 1. The lowest BCUT2D eigenvalue weighted by atomic mass is 10.0. The van der Waals surface area contributed by atoms with Crippen LogP contribution in [0.2, 0.25) is 5.02 Å². The third-order valence-electron chi connectivity index (χ3n) is 4.60. The molecule has 0 saturated heterocycles. The lowest BCUT2D eigenvalue weighted by molar-refractivity contribution is -0.192.